The molecule has 92 valence electrons. The topological polar surface area (TPSA) is 101 Å². The summed E-state index contributed by atoms with van der Waals surface area (Å²) in [7, 11) is -2.89. The first-order valence-electron chi connectivity index (χ1n) is 5.25. The Hall–Kier alpha value is -0.920. The lowest BCUT2D eigenvalue weighted by molar-refractivity contribution is 0.487. The van der Waals surface area contributed by atoms with Crippen molar-refractivity contribution < 1.29 is 8.42 Å². The molecule has 1 atom stereocenters. The molecule has 0 saturated carbocycles. The standard InChI is InChI=1S/C9H18N4O2S/c1-2-16(14,15)7-3-4-8(13-10)9-11-5-6-12-9/h5-6,8,13H,2-4,7,10H2,1H3,(H,11,12). The van der Waals surface area contributed by atoms with Gasteiger partial charge in [0.1, 0.15) is 15.7 Å². The summed E-state index contributed by atoms with van der Waals surface area (Å²) in [5.74, 6) is 6.51. The molecule has 16 heavy (non-hydrogen) atoms. The van der Waals surface area contributed by atoms with Crippen LogP contribution >= 0.6 is 0 Å². The summed E-state index contributed by atoms with van der Waals surface area (Å²) in [4.78, 5) is 7.02. The second kappa shape index (κ2) is 5.97. The quantitative estimate of drug-likeness (QED) is 0.469. The number of hydrogen-bond donors (Lipinski definition) is 3. The first-order valence-corrected chi connectivity index (χ1v) is 7.07. The van der Waals surface area contributed by atoms with E-state index in [0.29, 0.717) is 12.8 Å². The van der Waals surface area contributed by atoms with Gasteiger partial charge in [-0.1, -0.05) is 6.92 Å². The molecule has 0 aliphatic carbocycles. The summed E-state index contributed by atoms with van der Waals surface area (Å²) in [6, 6.07) is -0.123. The van der Waals surface area contributed by atoms with Crippen molar-refractivity contribution in [3.05, 3.63) is 18.2 Å². The van der Waals surface area contributed by atoms with Gasteiger partial charge in [-0.3, -0.25) is 5.84 Å². The number of sulfone groups is 1. The molecule has 0 radical (unpaired) electrons. The van der Waals surface area contributed by atoms with Crippen molar-refractivity contribution in [3.63, 3.8) is 0 Å². The van der Waals surface area contributed by atoms with Crippen LogP contribution in [0.4, 0.5) is 0 Å². The highest BCUT2D eigenvalue weighted by atomic mass is 32.2. The molecule has 0 spiro atoms. The van der Waals surface area contributed by atoms with Crippen molar-refractivity contribution in [2.24, 2.45) is 5.84 Å². The molecule has 1 aromatic heterocycles. The minimum atomic E-state index is -2.89. The highest BCUT2D eigenvalue weighted by molar-refractivity contribution is 7.91. The number of aromatic nitrogens is 2. The molecule has 6 nitrogen and oxygen atoms in total. The van der Waals surface area contributed by atoms with Gasteiger partial charge >= 0.3 is 0 Å². The van der Waals surface area contributed by atoms with Crippen molar-refractivity contribution in [1.29, 1.82) is 0 Å². The summed E-state index contributed by atoms with van der Waals surface area (Å²) < 4.78 is 22.6. The number of imidazole rings is 1. The monoisotopic (exact) mass is 246 g/mol. The molecule has 0 saturated heterocycles. The summed E-state index contributed by atoms with van der Waals surface area (Å²) in [5.41, 5.74) is 2.62. The van der Waals surface area contributed by atoms with Crippen LogP contribution in [-0.4, -0.2) is 29.9 Å². The van der Waals surface area contributed by atoms with E-state index in [4.69, 9.17) is 5.84 Å². The molecule has 0 amide bonds. The molecule has 1 heterocycles. The molecule has 0 aromatic carbocycles. The molecule has 0 aliphatic heterocycles. The predicted octanol–water partition coefficient (Wildman–Crippen LogP) is 0.129. The molecule has 0 bridgehead atoms. The Morgan fingerprint density at radius 3 is 2.88 bits per heavy atom. The highest BCUT2D eigenvalue weighted by Gasteiger charge is 2.14. The molecule has 0 fully saturated rings. The number of hydrazine groups is 1. The number of nitrogens with zero attached hydrogens (tertiary/aromatic N) is 1. The van der Waals surface area contributed by atoms with Gasteiger partial charge < -0.3 is 4.98 Å². The van der Waals surface area contributed by atoms with E-state index < -0.39 is 9.84 Å². The Labute approximate surface area is 95.5 Å². The Morgan fingerprint density at radius 1 is 1.62 bits per heavy atom. The van der Waals surface area contributed by atoms with E-state index in [2.05, 4.69) is 15.4 Å². The van der Waals surface area contributed by atoms with E-state index in [9.17, 15) is 8.42 Å². The van der Waals surface area contributed by atoms with Gasteiger partial charge in [0.15, 0.2) is 0 Å². The average Bonchev–Trinajstić information content (AvgIpc) is 2.78. The van der Waals surface area contributed by atoms with Gasteiger partial charge in [-0.15, -0.1) is 0 Å². The third-order valence-electron chi connectivity index (χ3n) is 2.44. The first kappa shape index (κ1) is 13.1. The summed E-state index contributed by atoms with van der Waals surface area (Å²) in [5, 5.41) is 0. The van der Waals surface area contributed by atoms with Gasteiger partial charge in [0.05, 0.1) is 11.8 Å². The molecule has 0 aliphatic rings. The zero-order chi connectivity index (χ0) is 12.0. The molecule has 1 aromatic rings. The van der Waals surface area contributed by atoms with Crippen LogP contribution in [-0.2, 0) is 9.84 Å². The maximum Gasteiger partial charge on any atom is 0.150 e. The fourth-order valence-corrected chi connectivity index (χ4v) is 2.31. The van der Waals surface area contributed by atoms with Gasteiger partial charge in [0.25, 0.3) is 0 Å². The Morgan fingerprint density at radius 2 is 2.38 bits per heavy atom. The van der Waals surface area contributed by atoms with Crippen molar-refractivity contribution in [3.8, 4) is 0 Å². The Balaban J connectivity index is 2.42. The second-order valence-corrected chi connectivity index (χ2v) is 6.05. The number of hydrogen-bond acceptors (Lipinski definition) is 5. The van der Waals surface area contributed by atoms with E-state index >= 15 is 0 Å². The maximum absolute atomic E-state index is 11.3. The summed E-state index contributed by atoms with van der Waals surface area (Å²) in [6.45, 7) is 1.65. The van der Waals surface area contributed by atoms with Crippen LogP contribution in [0.2, 0.25) is 0 Å². The molecule has 1 unspecified atom stereocenters. The van der Waals surface area contributed by atoms with Crippen LogP contribution in [0.5, 0.6) is 0 Å². The number of nitrogens with one attached hydrogen (secondary N) is 2. The lowest BCUT2D eigenvalue weighted by atomic mass is 10.2. The zero-order valence-corrected chi connectivity index (χ0v) is 10.1. The fraction of sp³-hybridized carbons (Fsp3) is 0.667. The number of nitrogens with two attached hydrogens (primary N) is 1. The van der Waals surface area contributed by atoms with Crippen molar-refractivity contribution in [1.82, 2.24) is 15.4 Å². The lowest BCUT2D eigenvalue weighted by Crippen LogP contribution is -2.29. The van der Waals surface area contributed by atoms with Gasteiger partial charge in [-0.2, -0.15) is 0 Å². The SMILES string of the molecule is CCS(=O)(=O)CCCC(NN)c1ncc[nH]1. The second-order valence-electron chi connectivity index (χ2n) is 3.57. The smallest absolute Gasteiger partial charge is 0.150 e. The maximum atomic E-state index is 11.3. The van der Waals surface area contributed by atoms with Gasteiger partial charge in [0.2, 0.25) is 0 Å². The van der Waals surface area contributed by atoms with E-state index in [1.165, 1.54) is 0 Å². The van der Waals surface area contributed by atoms with E-state index in [-0.39, 0.29) is 17.5 Å². The van der Waals surface area contributed by atoms with Crippen LogP contribution in [0.25, 0.3) is 0 Å². The molecule has 4 N–H and O–H groups in total. The van der Waals surface area contributed by atoms with Crippen LogP contribution < -0.4 is 11.3 Å². The molecule has 7 heteroatoms. The van der Waals surface area contributed by atoms with Gasteiger partial charge in [-0.25, -0.2) is 18.8 Å². The number of H-pyrrole nitrogens is 1. The van der Waals surface area contributed by atoms with Crippen LogP contribution in [0.3, 0.4) is 0 Å². The molecular formula is C9H18N4O2S. The zero-order valence-electron chi connectivity index (χ0n) is 9.31. The third-order valence-corrected chi connectivity index (χ3v) is 4.23. The lowest BCUT2D eigenvalue weighted by Gasteiger charge is -2.12. The van der Waals surface area contributed by atoms with Crippen molar-refractivity contribution in [2.45, 2.75) is 25.8 Å². The minimum Gasteiger partial charge on any atom is -0.347 e. The fourth-order valence-electron chi connectivity index (χ4n) is 1.42. The third kappa shape index (κ3) is 3.92. The minimum absolute atomic E-state index is 0.123. The Kier molecular flexibility index (Phi) is 4.91. The van der Waals surface area contributed by atoms with E-state index in [1.54, 1.807) is 19.3 Å². The Bertz CT molecular complexity index is 388. The van der Waals surface area contributed by atoms with E-state index in [1.807, 2.05) is 0 Å². The van der Waals surface area contributed by atoms with Crippen molar-refractivity contribution in [2.75, 3.05) is 11.5 Å². The summed E-state index contributed by atoms with van der Waals surface area (Å²) >= 11 is 0. The highest BCUT2D eigenvalue weighted by Crippen LogP contribution is 2.13. The normalized spacial score (nSPS) is 13.9. The van der Waals surface area contributed by atoms with Crippen molar-refractivity contribution >= 4 is 9.84 Å². The average molecular weight is 246 g/mol. The number of aromatic amines is 1. The molecule has 1 rings (SSSR count). The number of rotatable bonds is 7. The van der Waals surface area contributed by atoms with Gasteiger partial charge in [0, 0.05) is 18.1 Å². The summed E-state index contributed by atoms with van der Waals surface area (Å²) in [6.07, 6.45) is 4.57. The van der Waals surface area contributed by atoms with Gasteiger partial charge in [-0.05, 0) is 12.8 Å². The largest absolute Gasteiger partial charge is 0.347 e. The van der Waals surface area contributed by atoms with Crippen LogP contribution in [0.15, 0.2) is 12.4 Å². The van der Waals surface area contributed by atoms with E-state index in [0.717, 1.165) is 5.82 Å². The van der Waals surface area contributed by atoms with Crippen LogP contribution in [0.1, 0.15) is 31.6 Å². The first-order chi connectivity index (χ1) is 7.59. The predicted molar refractivity (Wildman–Crippen MR) is 62.2 cm³/mol. The molecular weight excluding hydrogens is 228 g/mol. The van der Waals surface area contributed by atoms with Crippen LogP contribution in [0, 0.1) is 0 Å².